The van der Waals surface area contributed by atoms with Crippen LogP contribution in [-0.4, -0.2) is 70.2 Å². The van der Waals surface area contributed by atoms with Gasteiger partial charge in [-0.15, -0.1) is 0 Å². The normalized spacial score (nSPS) is 23.3. The lowest BCUT2D eigenvalue weighted by atomic mass is 9.78. The van der Waals surface area contributed by atoms with E-state index in [1.807, 2.05) is 17.0 Å². The van der Waals surface area contributed by atoms with Crippen molar-refractivity contribution in [3.8, 4) is 6.07 Å². The van der Waals surface area contributed by atoms with Crippen LogP contribution in [0.25, 0.3) is 0 Å². The van der Waals surface area contributed by atoms with Crippen LogP contribution in [0.3, 0.4) is 0 Å². The Balaban J connectivity index is 1.66. The van der Waals surface area contributed by atoms with Crippen LogP contribution in [-0.2, 0) is 5.54 Å². The first-order valence-corrected chi connectivity index (χ1v) is 12.1. The number of amides is 2. The second-order valence-electron chi connectivity index (χ2n) is 9.81. The minimum atomic E-state index is -0.819. The fraction of sp³-hybridized carbons (Fsp3) is 0.538. The number of benzene rings is 1. The van der Waals surface area contributed by atoms with Gasteiger partial charge >= 0.3 is 6.03 Å². The molecule has 0 radical (unpaired) electrons. The predicted octanol–water partition coefficient (Wildman–Crippen LogP) is 3.52. The lowest BCUT2D eigenvalue weighted by Crippen LogP contribution is -2.55. The number of carbonyl (C=O) groups excluding carboxylic acids is 1. The van der Waals surface area contributed by atoms with Gasteiger partial charge in [-0.25, -0.2) is 14.8 Å². The van der Waals surface area contributed by atoms with Gasteiger partial charge in [-0.1, -0.05) is 30.3 Å². The highest BCUT2D eigenvalue weighted by molar-refractivity contribution is 5.91. The van der Waals surface area contributed by atoms with Crippen LogP contribution in [0, 0.1) is 11.3 Å². The van der Waals surface area contributed by atoms with Gasteiger partial charge in [0.25, 0.3) is 0 Å². The quantitative estimate of drug-likeness (QED) is 0.730. The third kappa shape index (κ3) is 4.91. The summed E-state index contributed by atoms with van der Waals surface area (Å²) in [5.74, 6) is 0.0801. The van der Waals surface area contributed by atoms with Crippen molar-refractivity contribution < 1.29 is 9.90 Å². The van der Waals surface area contributed by atoms with E-state index >= 15 is 0 Å². The summed E-state index contributed by atoms with van der Waals surface area (Å²) in [5, 5.41) is 20.0. The topological polar surface area (TPSA) is 96.6 Å². The summed E-state index contributed by atoms with van der Waals surface area (Å²) in [4.78, 5) is 27.8. The summed E-state index contributed by atoms with van der Waals surface area (Å²) >= 11 is 0. The van der Waals surface area contributed by atoms with E-state index in [0.29, 0.717) is 38.2 Å². The van der Waals surface area contributed by atoms with Crippen LogP contribution in [0.2, 0.25) is 0 Å². The molecule has 1 atom stereocenters. The molecule has 2 heterocycles. The molecule has 34 heavy (non-hydrogen) atoms. The van der Waals surface area contributed by atoms with Gasteiger partial charge in [0.05, 0.1) is 30.2 Å². The summed E-state index contributed by atoms with van der Waals surface area (Å²) in [6.07, 6.45) is 9.01. The summed E-state index contributed by atoms with van der Waals surface area (Å²) in [7, 11) is 4.23. The molecule has 8 nitrogen and oxygen atoms in total. The molecular weight excluding hydrogens is 428 g/mol. The number of rotatable bonds is 5. The maximum atomic E-state index is 13.9. The fourth-order valence-corrected chi connectivity index (χ4v) is 5.24. The summed E-state index contributed by atoms with van der Waals surface area (Å²) in [6.45, 7) is 1.38. The van der Waals surface area contributed by atoms with Gasteiger partial charge in [0, 0.05) is 18.6 Å². The molecule has 2 amide bonds. The van der Waals surface area contributed by atoms with Crippen LogP contribution < -0.4 is 4.90 Å². The Morgan fingerprint density at radius 3 is 2.32 bits per heavy atom. The molecule has 1 aliphatic carbocycles. The maximum absolute atomic E-state index is 13.9. The number of hydrogen-bond acceptors (Lipinski definition) is 6. The molecule has 1 N–H and O–H groups in total. The van der Waals surface area contributed by atoms with Gasteiger partial charge in [-0.05, 0) is 64.6 Å². The lowest BCUT2D eigenvalue weighted by Gasteiger charge is -2.46. The highest BCUT2D eigenvalue weighted by Gasteiger charge is 2.41. The zero-order valence-electron chi connectivity index (χ0n) is 20.2. The summed E-state index contributed by atoms with van der Waals surface area (Å²) < 4.78 is 0. The fourth-order valence-electron chi connectivity index (χ4n) is 5.24. The van der Waals surface area contributed by atoms with Crippen LogP contribution in [0.4, 0.5) is 10.5 Å². The Labute approximate surface area is 201 Å². The Morgan fingerprint density at radius 2 is 1.74 bits per heavy atom. The smallest absolute Gasteiger partial charge is 0.324 e. The van der Waals surface area contributed by atoms with E-state index in [1.54, 1.807) is 17.3 Å². The number of nitriles is 1. The van der Waals surface area contributed by atoms with Crippen LogP contribution in [0.1, 0.15) is 56.3 Å². The van der Waals surface area contributed by atoms with Gasteiger partial charge < -0.3 is 10.0 Å². The van der Waals surface area contributed by atoms with Crippen molar-refractivity contribution >= 4 is 11.7 Å². The van der Waals surface area contributed by atoms with E-state index in [0.717, 1.165) is 32.1 Å². The van der Waals surface area contributed by atoms with Gasteiger partial charge in [0.15, 0.2) is 0 Å². The van der Waals surface area contributed by atoms with Gasteiger partial charge in [-0.2, -0.15) is 5.26 Å². The van der Waals surface area contributed by atoms with Crippen molar-refractivity contribution in [3.63, 3.8) is 0 Å². The van der Waals surface area contributed by atoms with E-state index in [-0.39, 0.29) is 17.4 Å². The molecule has 1 aromatic heterocycles. The zero-order chi connectivity index (χ0) is 24.2. The second-order valence-corrected chi connectivity index (χ2v) is 9.81. The monoisotopic (exact) mass is 462 g/mol. The Morgan fingerprint density at radius 1 is 1.03 bits per heavy atom. The van der Waals surface area contributed by atoms with E-state index in [4.69, 9.17) is 5.26 Å². The second kappa shape index (κ2) is 10.1. The summed E-state index contributed by atoms with van der Waals surface area (Å²) in [6, 6.07) is 12.3. The van der Waals surface area contributed by atoms with Crippen molar-refractivity contribution in [1.29, 1.82) is 5.26 Å². The molecule has 2 fully saturated rings. The average molecular weight is 463 g/mol. The molecule has 1 saturated carbocycles. The van der Waals surface area contributed by atoms with E-state index in [2.05, 4.69) is 53.2 Å². The molecule has 8 heteroatoms. The van der Waals surface area contributed by atoms with Crippen LogP contribution in [0.15, 0.2) is 42.7 Å². The summed E-state index contributed by atoms with van der Waals surface area (Å²) in [5.41, 5.74) is 0.826. The van der Waals surface area contributed by atoms with Crippen molar-refractivity contribution in [2.24, 2.45) is 0 Å². The van der Waals surface area contributed by atoms with Crippen molar-refractivity contribution in [3.05, 3.63) is 54.1 Å². The van der Waals surface area contributed by atoms with Crippen LogP contribution >= 0.6 is 0 Å². The number of urea groups is 1. The number of anilines is 1. The molecule has 180 valence electrons. The third-order valence-corrected chi connectivity index (χ3v) is 7.51. The average Bonchev–Trinajstić information content (AvgIpc) is 2.84. The zero-order valence-corrected chi connectivity index (χ0v) is 20.2. The minimum Gasteiger partial charge on any atom is -0.388 e. The van der Waals surface area contributed by atoms with Crippen molar-refractivity contribution in [2.75, 3.05) is 38.6 Å². The van der Waals surface area contributed by atoms with Crippen LogP contribution in [0.5, 0.6) is 0 Å². The van der Waals surface area contributed by atoms with E-state index in [1.165, 1.54) is 5.56 Å². The first-order valence-electron chi connectivity index (χ1n) is 12.1. The number of aromatic nitrogens is 2. The van der Waals surface area contributed by atoms with Gasteiger partial charge in [0.1, 0.15) is 6.07 Å². The Bertz CT molecular complexity index is 1020. The van der Waals surface area contributed by atoms with E-state index < -0.39 is 5.60 Å². The predicted molar refractivity (Wildman–Crippen MR) is 130 cm³/mol. The molecule has 0 bridgehead atoms. The molecule has 1 aromatic carbocycles. The Kier molecular flexibility index (Phi) is 7.15. The Hall–Kier alpha value is -3.02. The molecule has 1 unspecified atom stereocenters. The highest BCUT2D eigenvalue weighted by atomic mass is 16.3. The minimum absolute atomic E-state index is 0.0801. The third-order valence-electron chi connectivity index (χ3n) is 7.51. The lowest BCUT2D eigenvalue weighted by molar-refractivity contribution is -0.0527. The van der Waals surface area contributed by atoms with Crippen molar-refractivity contribution in [2.45, 2.75) is 56.1 Å². The van der Waals surface area contributed by atoms with Gasteiger partial charge in [-0.3, -0.25) is 9.80 Å². The number of aliphatic hydroxyl groups is 1. The standard InChI is InChI=1S/C26H34N6O2/c1-30(2)26(21-9-4-3-5-10-21)13-6-7-15-32(22-18-28-23(17-27)29-19-22)24(33)31(16-14-26)20-25(34)11-8-12-25/h3-5,9-10,18-19,34H,6-8,11-16,20H2,1-2H3. The molecule has 1 aliphatic heterocycles. The molecule has 1 saturated heterocycles. The number of β-amino-alcohol motifs (C(OH)–C–C–N with tert-alkyl or cyclic N) is 1. The number of carbonyl (C=O) groups is 1. The molecule has 2 aromatic rings. The molecular formula is C26H34N6O2. The highest BCUT2D eigenvalue weighted by Crippen LogP contribution is 2.38. The van der Waals surface area contributed by atoms with Gasteiger partial charge in [0.2, 0.25) is 5.82 Å². The first kappa shape index (κ1) is 24.1. The molecule has 4 rings (SSSR count). The molecule has 2 aliphatic rings. The number of nitrogens with zero attached hydrogens (tertiary/aromatic N) is 6. The SMILES string of the molecule is CN(C)C1(c2ccccc2)CCCCN(c2cnc(C#N)nc2)C(=O)N(CC2(O)CCC2)CC1. The van der Waals surface area contributed by atoms with Crippen molar-refractivity contribution in [1.82, 2.24) is 19.8 Å². The van der Waals surface area contributed by atoms with E-state index in [9.17, 15) is 9.90 Å². The maximum Gasteiger partial charge on any atom is 0.324 e. The molecule has 0 spiro atoms. The largest absolute Gasteiger partial charge is 0.388 e. The number of hydrogen-bond donors (Lipinski definition) is 1. The first-order chi connectivity index (χ1) is 16.4.